The van der Waals surface area contributed by atoms with E-state index in [1.807, 2.05) is 0 Å². The van der Waals surface area contributed by atoms with E-state index in [1.165, 1.54) is 17.1 Å². The molecule has 0 aliphatic heterocycles. The Balaban J connectivity index is 2.44. The number of aromatic nitrogens is 2. The van der Waals surface area contributed by atoms with Gasteiger partial charge in [-0.05, 0) is 0 Å². The van der Waals surface area contributed by atoms with Crippen LogP contribution in [0.4, 0.5) is 12.9 Å². The number of ether oxygens (including phenoxy) is 1. The van der Waals surface area contributed by atoms with Crippen LogP contribution in [-0.2, 0) is 7.05 Å². The molecule has 0 radical (unpaired) electrons. The van der Waals surface area contributed by atoms with Crippen molar-refractivity contribution in [2.24, 2.45) is 7.05 Å². The third kappa shape index (κ3) is 2.85. The second-order valence-electron chi connectivity index (χ2n) is 2.37. The molecule has 0 saturated heterocycles. The van der Waals surface area contributed by atoms with Gasteiger partial charge in [0.25, 0.3) is 0 Å². The Morgan fingerprint density at radius 1 is 1.58 bits per heavy atom. The van der Waals surface area contributed by atoms with Gasteiger partial charge in [0, 0.05) is 7.05 Å². The van der Waals surface area contributed by atoms with Crippen molar-refractivity contribution in [2.45, 2.75) is 0 Å². The molecule has 0 unspecified atom stereocenters. The van der Waals surface area contributed by atoms with Gasteiger partial charge in [0.2, 0.25) is 0 Å². The van der Waals surface area contributed by atoms with E-state index in [-0.39, 0.29) is 5.75 Å². The molecule has 0 aliphatic carbocycles. The van der Waals surface area contributed by atoms with Crippen molar-refractivity contribution in [3.8, 4) is 5.75 Å². The maximum absolute atomic E-state index is 11.7. The Morgan fingerprint density at radius 3 is 2.67 bits per heavy atom. The molecule has 1 rings (SSSR count). The van der Waals surface area contributed by atoms with Crippen LogP contribution in [0.25, 0.3) is 0 Å². The summed E-state index contributed by atoms with van der Waals surface area (Å²) in [5.74, 6) is 0.136. The molecule has 0 N–H and O–H groups in total. The Labute approximate surface area is 67.2 Å². The summed E-state index contributed by atoms with van der Waals surface area (Å²) in [6, 6.07) is 0. The number of aryl methyl sites for hydroxylation is 1. The summed E-state index contributed by atoms with van der Waals surface area (Å²) < 4.78 is 40.8. The monoisotopic (exact) mass is 179 g/mol. The third-order valence-corrected chi connectivity index (χ3v) is 1.12. The summed E-state index contributed by atoms with van der Waals surface area (Å²) in [4.78, 5) is 0. The van der Waals surface area contributed by atoms with Gasteiger partial charge in [-0.2, -0.15) is 5.10 Å². The van der Waals surface area contributed by atoms with E-state index in [4.69, 9.17) is 0 Å². The minimum Gasteiger partial charge on any atom is -0.519 e. The molecule has 0 bridgehead atoms. The Kier molecular flexibility index (Phi) is 2.30. The van der Waals surface area contributed by atoms with Gasteiger partial charge in [0.15, 0.2) is 5.75 Å². The van der Waals surface area contributed by atoms with Crippen molar-refractivity contribution in [3.05, 3.63) is 12.4 Å². The molecule has 0 spiro atoms. The van der Waals surface area contributed by atoms with Crippen LogP contribution in [0.15, 0.2) is 12.4 Å². The first kappa shape index (κ1) is 8.96. The summed E-state index contributed by atoms with van der Waals surface area (Å²) in [5.41, 5.74) is 0. The molecular weight excluding hydrogens is 172 g/mol. The number of halogens is 3. The van der Waals surface area contributed by atoms with Crippen LogP contribution in [0, 0.1) is 0 Å². The Hall–Kier alpha value is -1.14. The lowest BCUT2D eigenvalue weighted by Gasteiger charge is -2.13. The first-order valence-electron chi connectivity index (χ1n) is 3.30. The first-order valence-corrected chi connectivity index (χ1v) is 3.30. The van der Waals surface area contributed by atoms with Gasteiger partial charge in [-0.3, -0.25) is 4.68 Å². The Bertz CT molecular complexity index is 259. The lowest BCUT2D eigenvalue weighted by molar-refractivity contribution is 0.313. The smallest absolute Gasteiger partial charge is 0.515 e. The molecule has 0 aliphatic rings. The van der Waals surface area contributed by atoms with Gasteiger partial charge in [-0.1, -0.05) is 0 Å². The van der Waals surface area contributed by atoms with Gasteiger partial charge in [-0.15, -0.1) is 0 Å². The van der Waals surface area contributed by atoms with E-state index in [0.717, 1.165) is 0 Å². The van der Waals surface area contributed by atoms with Crippen molar-refractivity contribution in [1.82, 2.24) is 9.78 Å². The number of rotatable bonds is 3. The minimum atomic E-state index is -4.88. The molecule has 0 aromatic carbocycles. The third-order valence-electron chi connectivity index (χ3n) is 1.12. The van der Waals surface area contributed by atoms with E-state index in [1.54, 1.807) is 7.05 Å². The fraction of sp³-hybridized carbons (Fsp3) is 0.400. The lowest BCUT2D eigenvalue weighted by atomic mass is 9.95. The highest BCUT2D eigenvalue weighted by molar-refractivity contribution is 6.58. The number of nitrogens with zero attached hydrogens (tertiary/aromatic N) is 2. The summed E-state index contributed by atoms with van der Waals surface area (Å²) in [6.45, 7) is -6.09. The van der Waals surface area contributed by atoms with Crippen molar-refractivity contribution >= 4 is 6.98 Å². The van der Waals surface area contributed by atoms with Gasteiger partial charge < -0.3 is 17.7 Å². The summed E-state index contributed by atoms with van der Waals surface area (Å²) in [6.07, 6.45) is 2.61. The first-order chi connectivity index (χ1) is 5.47. The largest absolute Gasteiger partial charge is 0.519 e. The molecule has 3 nitrogen and oxygen atoms in total. The van der Waals surface area contributed by atoms with Crippen molar-refractivity contribution in [1.29, 1.82) is 0 Å². The maximum atomic E-state index is 11.7. The molecule has 1 aromatic heterocycles. The minimum absolute atomic E-state index is 0.136. The molecule has 1 aromatic rings. The lowest BCUT2D eigenvalue weighted by Crippen LogP contribution is -2.25. The average molecular weight is 179 g/mol. The fourth-order valence-corrected chi connectivity index (χ4v) is 0.664. The summed E-state index contributed by atoms with van der Waals surface area (Å²) in [5, 5.41) is 3.65. The molecule has 0 fully saturated rings. The van der Waals surface area contributed by atoms with Gasteiger partial charge in [-0.25, -0.2) is 0 Å². The van der Waals surface area contributed by atoms with E-state index in [9.17, 15) is 12.9 Å². The summed E-state index contributed by atoms with van der Waals surface area (Å²) in [7, 11) is 1.60. The van der Waals surface area contributed by atoms with Crippen LogP contribution < -0.4 is 4.74 Å². The zero-order valence-corrected chi connectivity index (χ0v) is 6.38. The number of hydrogen-bond acceptors (Lipinski definition) is 2. The molecule has 0 atom stereocenters. The predicted octanol–water partition coefficient (Wildman–Crippen LogP) is 1.19. The molecule has 0 amide bonds. The maximum Gasteiger partial charge on any atom is 0.515 e. The molecule has 68 valence electrons. The average Bonchev–Trinajstić information content (AvgIpc) is 2.30. The van der Waals surface area contributed by atoms with Gasteiger partial charge >= 0.3 is 6.98 Å². The van der Waals surface area contributed by atoms with Crippen LogP contribution in [0.5, 0.6) is 5.75 Å². The van der Waals surface area contributed by atoms with Gasteiger partial charge in [0.1, 0.15) is 0 Å². The highest BCUT2D eigenvalue weighted by Gasteiger charge is 2.24. The normalized spacial score (nSPS) is 11.7. The van der Waals surface area contributed by atoms with Crippen molar-refractivity contribution in [3.63, 3.8) is 0 Å². The number of hydrogen-bond donors (Lipinski definition) is 0. The van der Waals surface area contributed by atoms with Crippen molar-refractivity contribution in [2.75, 3.05) is 6.51 Å². The highest BCUT2D eigenvalue weighted by atomic mass is 19.4. The molecule has 12 heavy (non-hydrogen) atoms. The SMILES string of the molecule is Cn1cc(OC[B-](F)(F)F)cn1. The standard InChI is InChI=1S/C5H7BF3N2O/c1-11-3-5(2-10-11)12-4-6(7,8)9/h2-3H,4H2,1H3/q-1. The van der Waals surface area contributed by atoms with Crippen LogP contribution in [0.1, 0.15) is 0 Å². The molecule has 1 heterocycles. The molecular formula is C5H7BF3N2O-. The van der Waals surface area contributed by atoms with E-state index >= 15 is 0 Å². The Morgan fingerprint density at radius 2 is 2.25 bits per heavy atom. The van der Waals surface area contributed by atoms with E-state index in [0.29, 0.717) is 0 Å². The zero-order chi connectivity index (χ0) is 9.19. The highest BCUT2D eigenvalue weighted by Crippen LogP contribution is 2.12. The second-order valence-corrected chi connectivity index (χ2v) is 2.37. The van der Waals surface area contributed by atoms with Gasteiger partial charge in [0.05, 0.1) is 18.9 Å². The van der Waals surface area contributed by atoms with Crippen LogP contribution >= 0.6 is 0 Å². The molecule has 0 saturated carbocycles. The van der Waals surface area contributed by atoms with E-state index in [2.05, 4.69) is 9.84 Å². The quantitative estimate of drug-likeness (QED) is 0.651. The van der Waals surface area contributed by atoms with Crippen LogP contribution in [-0.4, -0.2) is 23.3 Å². The van der Waals surface area contributed by atoms with Crippen LogP contribution in [0.2, 0.25) is 0 Å². The zero-order valence-electron chi connectivity index (χ0n) is 6.38. The molecule has 7 heteroatoms. The van der Waals surface area contributed by atoms with E-state index < -0.39 is 13.5 Å². The van der Waals surface area contributed by atoms with Crippen LogP contribution in [0.3, 0.4) is 0 Å². The fourth-order valence-electron chi connectivity index (χ4n) is 0.664. The summed E-state index contributed by atoms with van der Waals surface area (Å²) >= 11 is 0. The predicted molar refractivity (Wildman–Crippen MR) is 37.8 cm³/mol. The second kappa shape index (κ2) is 3.08. The topological polar surface area (TPSA) is 27.1 Å². The van der Waals surface area contributed by atoms with Crippen molar-refractivity contribution < 1.29 is 17.7 Å².